The van der Waals surface area contributed by atoms with E-state index in [-0.39, 0.29) is 0 Å². The molecule has 0 bridgehead atoms. The van der Waals surface area contributed by atoms with Crippen LogP contribution in [0, 0.1) is 0 Å². The van der Waals surface area contributed by atoms with Crippen LogP contribution in [0.15, 0.2) is 42.5 Å². The van der Waals surface area contributed by atoms with Crippen LogP contribution in [0.4, 0.5) is 11.8 Å². The van der Waals surface area contributed by atoms with Crippen LogP contribution in [0.25, 0.3) is 10.9 Å². The topological polar surface area (TPSA) is 68.3 Å². The minimum Gasteiger partial charge on any atom is -0.493 e. The number of para-hydroxylation sites is 1. The SMILES string of the molecule is COc1ccc(CNc2nc(NC3CC3)nc3ccccc23)cc1OC. The molecule has 1 aliphatic carbocycles. The summed E-state index contributed by atoms with van der Waals surface area (Å²) in [6, 6.07) is 14.4. The molecule has 2 N–H and O–H groups in total. The maximum atomic E-state index is 5.38. The average Bonchev–Trinajstić information content (AvgIpc) is 3.49. The highest BCUT2D eigenvalue weighted by Gasteiger charge is 2.22. The number of rotatable bonds is 7. The van der Waals surface area contributed by atoms with Crippen LogP contribution >= 0.6 is 0 Å². The Balaban J connectivity index is 1.59. The van der Waals surface area contributed by atoms with Crippen LogP contribution in [-0.4, -0.2) is 30.2 Å². The summed E-state index contributed by atoms with van der Waals surface area (Å²) in [5, 5.41) is 7.83. The summed E-state index contributed by atoms with van der Waals surface area (Å²) >= 11 is 0. The lowest BCUT2D eigenvalue weighted by atomic mass is 10.2. The second kappa shape index (κ2) is 7.07. The molecule has 134 valence electrons. The first-order chi connectivity index (χ1) is 12.8. The Morgan fingerprint density at radius 3 is 2.58 bits per heavy atom. The molecule has 4 rings (SSSR count). The molecule has 26 heavy (non-hydrogen) atoms. The Bertz CT molecular complexity index is 925. The molecule has 1 heterocycles. The number of fused-ring (bicyclic) bond motifs is 1. The zero-order chi connectivity index (χ0) is 17.9. The fourth-order valence-corrected chi connectivity index (χ4v) is 2.86. The molecule has 0 atom stereocenters. The number of hydrogen-bond acceptors (Lipinski definition) is 6. The Morgan fingerprint density at radius 1 is 1.00 bits per heavy atom. The van der Waals surface area contributed by atoms with Gasteiger partial charge in [0.25, 0.3) is 0 Å². The van der Waals surface area contributed by atoms with Gasteiger partial charge in [-0.1, -0.05) is 18.2 Å². The number of aromatic nitrogens is 2. The third-order valence-electron chi connectivity index (χ3n) is 4.42. The van der Waals surface area contributed by atoms with Crippen molar-refractivity contribution in [2.45, 2.75) is 25.4 Å². The molecule has 0 aliphatic heterocycles. The molecule has 1 aliphatic rings. The van der Waals surface area contributed by atoms with Crippen molar-refractivity contribution in [3.05, 3.63) is 48.0 Å². The Labute approximate surface area is 152 Å². The molecule has 1 fully saturated rings. The number of anilines is 2. The van der Waals surface area contributed by atoms with Crippen LogP contribution in [0.3, 0.4) is 0 Å². The fraction of sp³-hybridized carbons (Fsp3) is 0.300. The largest absolute Gasteiger partial charge is 0.493 e. The van der Waals surface area contributed by atoms with Gasteiger partial charge in [0, 0.05) is 18.0 Å². The molecule has 0 spiro atoms. The number of nitrogens with one attached hydrogen (secondary N) is 2. The molecule has 6 nitrogen and oxygen atoms in total. The van der Waals surface area contributed by atoms with Crippen molar-refractivity contribution in [1.29, 1.82) is 0 Å². The van der Waals surface area contributed by atoms with Gasteiger partial charge < -0.3 is 20.1 Å². The first-order valence-electron chi connectivity index (χ1n) is 8.75. The molecule has 1 saturated carbocycles. The van der Waals surface area contributed by atoms with Crippen LogP contribution in [-0.2, 0) is 6.54 Å². The quantitative estimate of drug-likeness (QED) is 0.675. The summed E-state index contributed by atoms with van der Waals surface area (Å²) in [6.45, 7) is 0.629. The molecule has 1 aromatic heterocycles. The zero-order valence-corrected chi connectivity index (χ0v) is 15.0. The number of hydrogen-bond donors (Lipinski definition) is 2. The maximum absolute atomic E-state index is 5.38. The van der Waals surface area contributed by atoms with E-state index in [1.807, 2.05) is 42.5 Å². The predicted octanol–water partition coefficient (Wildman–Crippen LogP) is 3.83. The predicted molar refractivity (Wildman–Crippen MR) is 103 cm³/mol. The van der Waals surface area contributed by atoms with Gasteiger partial charge in [-0.3, -0.25) is 0 Å². The lowest BCUT2D eigenvalue weighted by molar-refractivity contribution is 0.354. The van der Waals surface area contributed by atoms with E-state index in [1.54, 1.807) is 14.2 Å². The number of methoxy groups -OCH3 is 2. The van der Waals surface area contributed by atoms with Gasteiger partial charge in [0.2, 0.25) is 5.95 Å². The molecule has 3 aromatic rings. The number of benzene rings is 2. The van der Waals surface area contributed by atoms with E-state index in [2.05, 4.69) is 20.6 Å². The Hall–Kier alpha value is -3.02. The van der Waals surface area contributed by atoms with Gasteiger partial charge in [-0.15, -0.1) is 0 Å². The van der Waals surface area contributed by atoms with Gasteiger partial charge in [0.05, 0.1) is 19.7 Å². The Kier molecular flexibility index (Phi) is 4.48. The summed E-state index contributed by atoms with van der Waals surface area (Å²) < 4.78 is 10.7. The first kappa shape index (κ1) is 16.4. The van der Waals surface area contributed by atoms with Crippen LogP contribution in [0.1, 0.15) is 18.4 Å². The maximum Gasteiger partial charge on any atom is 0.225 e. The van der Waals surface area contributed by atoms with E-state index in [9.17, 15) is 0 Å². The van der Waals surface area contributed by atoms with Gasteiger partial charge in [-0.2, -0.15) is 4.98 Å². The third-order valence-corrected chi connectivity index (χ3v) is 4.42. The summed E-state index contributed by atoms with van der Waals surface area (Å²) in [5.74, 6) is 2.95. The van der Waals surface area contributed by atoms with Crippen molar-refractivity contribution >= 4 is 22.7 Å². The molecule has 0 amide bonds. The summed E-state index contributed by atoms with van der Waals surface area (Å²) in [7, 11) is 3.28. The van der Waals surface area contributed by atoms with E-state index in [4.69, 9.17) is 9.47 Å². The summed E-state index contributed by atoms with van der Waals surface area (Å²) in [5.41, 5.74) is 2.02. The lowest BCUT2D eigenvalue weighted by Gasteiger charge is -2.13. The minimum absolute atomic E-state index is 0.509. The zero-order valence-electron chi connectivity index (χ0n) is 15.0. The number of ether oxygens (including phenoxy) is 2. The Morgan fingerprint density at radius 2 is 1.81 bits per heavy atom. The van der Waals surface area contributed by atoms with Gasteiger partial charge >= 0.3 is 0 Å². The molecule has 6 heteroatoms. The third kappa shape index (κ3) is 3.49. The van der Waals surface area contributed by atoms with E-state index < -0.39 is 0 Å². The highest BCUT2D eigenvalue weighted by atomic mass is 16.5. The van der Waals surface area contributed by atoms with E-state index in [0.29, 0.717) is 18.5 Å². The summed E-state index contributed by atoms with van der Waals surface area (Å²) in [4.78, 5) is 9.31. The van der Waals surface area contributed by atoms with E-state index in [0.717, 1.165) is 33.8 Å². The van der Waals surface area contributed by atoms with Crippen molar-refractivity contribution in [2.24, 2.45) is 0 Å². The van der Waals surface area contributed by atoms with Gasteiger partial charge in [-0.25, -0.2) is 4.98 Å². The van der Waals surface area contributed by atoms with Crippen molar-refractivity contribution < 1.29 is 9.47 Å². The molecular weight excluding hydrogens is 328 g/mol. The van der Waals surface area contributed by atoms with Crippen LogP contribution in [0.5, 0.6) is 11.5 Å². The highest BCUT2D eigenvalue weighted by molar-refractivity contribution is 5.90. The fourth-order valence-electron chi connectivity index (χ4n) is 2.86. The summed E-state index contributed by atoms with van der Waals surface area (Å²) in [6.07, 6.45) is 2.37. The van der Waals surface area contributed by atoms with Crippen LogP contribution < -0.4 is 20.1 Å². The normalized spacial score (nSPS) is 13.5. The number of nitrogens with zero attached hydrogens (tertiary/aromatic N) is 2. The van der Waals surface area contributed by atoms with E-state index >= 15 is 0 Å². The standard InChI is InChI=1S/C20H22N4O2/c1-25-17-10-7-13(11-18(17)26-2)12-21-19-15-5-3-4-6-16(15)23-20(24-19)22-14-8-9-14/h3-7,10-11,14H,8-9,12H2,1-2H3,(H2,21,22,23,24). The second-order valence-electron chi connectivity index (χ2n) is 6.37. The van der Waals surface area contributed by atoms with Crippen LogP contribution in [0.2, 0.25) is 0 Å². The van der Waals surface area contributed by atoms with Gasteiger partial charge in [0.15, 0.2) is 11.5 Å². The van der Waals surface area contributed by atoms with Gasteiger partial charge in [-0.05, 0) is 42.7 Å². The van der Waals surface area contributed by atoms with Crippen molar-refractivity contribution in [2.75, 3.05) is 24.9 Å². The molecule has 0 unspecified atom stereocenters. The molecule has 0 radical (unpaired) electrons. The van der Waals surface area contributed by atoms with Crippen molar-refractivity contribution in [3.8, 4) is 11.5 Å². The lowest BCUT2D eigenvalue weighted by Crippen LogP contribution is -2.09. The second-order valence-corrected chi connectivity index (χ2v) is 6.37. The molecular formula is C20H22N4O2. The average molecular weight is 350 g/mol. The van der Waals surface area contributed by atoms with Crippen molar-refractivity contribution in [1.82, 2.24) is 9.97 Å². The monoisotopic (exact) mass is 350 g/mol. The smallest absolute Gasteiger partial charge is 0.225 e. The highest BCUT2D eigenvalue weighted by Crippen LogP contribution is 2.29. The van der Waals surface area contributed by atoms with Crippen molar-refractivity contribution in [3.63, 3.8) is 0 Å². The van der Waals surface area contributed by atoms with E-state index in [1.165, 1.54) is 12.8 Å². The first-order valence-corrected chi connectivity index (χ1v) is 8.75. The minimum atomic E-state index is 0.509. The molecule has 0 saturated heterocycles. The molecule has 2 aromatic carbocycles. The van der Waals surface area contributed by atoms with Gasteiger partial charge in [0.1, 0.15) is 5.82 Å².